The predicted molar refractivity (Wildman–Crippen MR) is 118 cm³/mol. The van der Waals surface area contributed by atoms with Gasteiger partial charge >= 0.3 is 5.97 Å². The fourth-order valence-electron chi connectivity index (χ4n) is 4.59. The molecule has 0 bridgehead atoms. The largest absolute Gasteiger partial charge is 1.00 e. The van der Waals surface area contributed by atoms with Gasteiger partial charge in [0.2, 0.25) is 0 Å². The molecular formula is C24H30BrN3O4. The minimum atomic E-state index is -0.512. The molecule has 2 aromatic carbocycles. The van der Waals surface area contributed by atoms with Gasteiger partial charge in [0.1, 0.15) is 0 Å². The number of methoxy groups -OCH3 is 1. The number of amides is 2. The maximum Gasteiger partial charge on any atom is 0.339 e. The van der Waals surface area contributed by atoms with Crippen molar-refractivity contribution in [2.75, 3.05) is 38.6 Å². The van der Waals surface area contributed by atoms with Gasteiger partial charge in [0.15, 0.2) is 13.1 Å². The number of nitrogens with zero attached hydrogens (tertiary/aromatic N) is 1. The van der Waals surface area contributed by atoms with Crippen LogP contribution in [0.25, 0.3) is 0 Å². The molecule has 0 aliphatic carbocycles. The summed E-state index contributed by atoms with van der Waals surface area (Å²) in [5.74, 6) is -0.935. The number of carbonyl (C=O) groups excluding carboxylic acids is 3. The Morgan fingerprint density at radius 1 is 1.09 bits per heavy atom. The highest BCUT2D eigenvalue weighted by Gasteiger charge is 2.39. The quantitative estimate of drug-likeness (QED) is 0.396. The van der Waals surface area contributed by atoms with Crippen molar-refractivity contribution in [2.45, 2.75) is 25.7 Å². The number of likely N-dealkylation sites (tertiary alicyclic amines) is 1. The molecule has 1 aliphatic heterocycles. The number of nitrogens with two attached hydrogens (primary N) is 1. The van der Waals surface area contributed by atoms with Gasteiger partial charge in [0.25, 0.3) is 11.8 Å². The summed E-state index contributed by atoms with van der Waals surface area (Å²) in [5.41, 5.74) is 8.29. The second-order valence-electron chi connectivity index (χ2n) is 8.32. The highest BCUT2D eigenvalue weighted by molar-refractivity contribution is 6.02. The van der Waals surface area contributed by atoms with Crippen LogP contribution in [-0.4, -0.2) is 55.6 Å². The first-order valence-electron chi connectivity index (χ1n) is 10.5. The number of piperidine rings is 1. The number of quaternary nitrogens is 1. The summed E-state index contributed by atoms with van der Waals surface area (Å²) in [6.45, 7) is 3.41. The number of rotatable bonds is 7. The average Bonchev–Trinajstić information content (AvgIpc) is 2.74. The second kappa shape index (κ2) is 11.2. The normalized spacial score (nSPS) is 20.0. The Morgan fingerprint density at radius 3 is 2.47 bits per heavy atom. The Bertz CT molecular complexity index is 967. The van der Waals surface area contributed by atoms with E-state index in [0.717, 1.165) is 18.4 Å². The number of hydrogen-bond donors (Lipinski definition) is 2. The van der Waals surface area contributed by atoms with Gasteiger partial charge in [-0.1, -0.05) is 42.5 Å². The number of aryl methyl sites for hydroxylation is 1. The van der Waals surface area contributed by atoms with E-state index in [0.29, 0.717) is 28.8 Å². The molecule has 1 heterocycles. The van der Waals surface area contributed by atoms with Crippen molar-refractivity contribution >= 4 is 23.5 Å². The van der Waals surface area contributed by atoms with Crippen molar-refractivity contribution in [1.82, 2.24) is 0 Å². The van der Waals surface area contributed by atoms with Crippen LogP contribution in [0.4, 0.5) is 5.69 Å². The molecule has 2 unspecified atom stereocenters. The molecule has 1 saturated heterocycles. The summed E-state index contributed by atoms with van der Waals surface area (Å²) in [6.07, 6.45) is 1.91. The van der Waals surface area contributed by atoms with Gasteiger partial charge in [-0.3, -0.25) is 9.59 Å². The van der Waals surface area contributed by atoms with Gasteiger partial charge in [-0.25, -0.2) is 4.79 Å². The second-order valence-corrected chi connectivity index (χ2v) is 8.32. The Balaban J connectivity index is 0.00000363. The standard InChI is InChI=1S/C24H29N3O4.BrH/c1-17-8-6-12-20(24(30)31-2)23(17)26-22(29)16-27(15-21(25)28)13-7-11-19(14-27)18-9-4-3-5-10-18;/h3-6,8-10,12,19H,7,11,13-16H2,1-2H3,(H2-,25,26,28,29,30);1H. The van der Waals surface area contributed by atoms with Crippen molar-refractivity contribution in [2.24, 2.45) is 5.73 Å². The Hall–Kier alpha value is -2.71. The summed E-state index contributed by atoms with van der Waals surface area (Å²) >= 11 is 0. The summed E-state index contributed by atoms with van der Waals surface area (Å²) < 4.78 is 5.15. The lowest BCUT2D eigenvalue weighted by atomic mass is 9.89. The highest BCUT2D eigenvalue weighted by atomic mass is 79.9. The molecule has 0 saturated carbocycles. The van der Waals surface area contributed by atoms with Crippen molar-refractivity contribution in [3.63, 3.8) is 0 Å². The van der Waals surface area contributed by atoms with Crippen molar-refractivity contribution < 1.29 is 40.6 Å². The smallest absolute Gasteiger partial charge is 0.339 e. The summed E-state index contributed by atoms with van der Waals surface area (Å²) in [5, 5.41) is 2.89. The minimum Gasteiger partial charge on any atom is -1.00 e. The third-order valence-electron chi connectivity index (χ3n) is 5.98. The van der Waals surface area contributed by atoms with E-state index >= 15 is 0 Å². The van der Waals surface area contributed by atoms with E-state index in [-0.39, 0.29) is 41.9 Å². The van der Waals surface area contributed by atoms with Crippen LogP contribution in [-0.2, 0) is 14.3 Å². The first kappa shape index (κ1) is 25.5. The molecular weight excluding hydrogens is 474 g/mol. The number of nitrogens with one attached hydrogen (secondary N) is 1. The van der Waals surface area contributed by atoms with Crippen molar-refractivity contribution in [1.29, 1.82) is 0 Å². The predicted octanol–water partition coefficient (Wildman–Crippen LogP) is -0.396. The van der Waals surface area contributed by atoms with E-state index in [4.69, 9.17) is 10.5 Å². The van der Waals surface area contributed by atoms with Crippen LogP contribution in [0.15, 0.2) is 48.5 Å². The fraction of sp³-hybridized carbons (Fsp3) is 0.375. The van der Waals surface area contributed by atoms with E-state index in [1.165, 1.54) is 12.7 Å². The molecule has 0 radical (unpaired) electrons. The minimum absolute atomic E-state index is 0. The lowest BCUT2D eigenvalue weighted by molar-refractivity contribution is -0.918. The van der Waals surface area contributed by atoms with Crippen LogP contribution in [0.2, 0.25) is 0 Å². The van der Waals surface area contributed by atoms with Crippen molar-refractivity contribution in [3.05, 3.63) is 65.2 Å². The van der Waals surface area contributed by atoms with Gasteiger partial charge in [-0.15, -0.1) is 0 Å². The van der Waals surface area contributed by atoms with Gasteiger partial charge in [-0.2, -0.15) is 0 Å². The van der Waals surface area contributed by atoms with Crippen LogP contribution < -0.4 is 28.0 Å². The van der Waals surface area contributed by atoms with E-state index < -0.39 is 11.9 Å². The van der Waals surface area contributed by atoms with E-state index in [9.17, 15) is 14.4 Å². The maximum atomic E-state index is 13.1. The number of anilines is 1. The summed E-state index contributed by atoms with van der Waals surface area (Å²) in [7, 11) is 1.31. The number of primary amides is 1. The molecule has 3 N–H and O–H groups in total. The zero-order valence-corrected chi connectivity index (χ0v) is 20.1. The molecule has 2 atom stereocenters. The lowest BCUT2D eigenvalue weighted by Crippen LogP contribution is -3.00. The first-order chi connectivity index (χ1) is 14.8. The van der Waals surface area contributed by atoms with Crippen LogP contribution in [0.1, 0.15) is 40.2 Å². The first-order valence-corrected chi connectivity index (χ1v) is 10.5. The van der Waals surface area contributed by atoms with Gasteiger partial charge in [-0.05, 0) is 37.0 Å². The Kier molecular flexibility index (Phi) is 8.98. The molecule has 8 heteroatoms. The molecule has 2 amide bonds. The molecule has 7 nitrogen and oxygen atoms in total. The van der Waals surface area contributed by atoms with Crippen LogP contribution in [0.5, 0.6) is 0 Å². The van der Waals surface area contributed by atoms with Crippen LogP contribution in [0, 0.1) is 6.92 Å². The number of hydrogen-bond acceptors (Lipinski definition) is 4. The Morgan fingerprint density at radius 2 is 1.81 bits per heavy atom. The lowest BCUT2D eigenvalue weighted by Gasteiger charge is -2.43. The average molecular weight is 504 g/mol. The number of carbonyl (C=O) groups is 3. The number of benzene rings is 2. The topological polar surface area (TPSA) is 98.5 Å². The SMILES string of the molecule is COC(=O)c1cccc(C)c1NC(=O)C[N+]1(CC(N)=O)CCCC(c2ccccc2)C1.[Br-]. The third-order valence-corrected chi connectivity index (χ3v) is 5.98. The number of esters is 1. The summed E-state index contributed by atoms with van der Waals surface area (Å²) in [6, 6.07) is 15.4. The van der Waals surface area contributed by atoms with E-state index in [1.54, 1.807) is 12.1 Å². The van der Waals surface area contributed by atoms with Crippen LogP contribution in [0.3, 0.4) is 0 Å². The molecule has 0 aromatic heterocycles. The number of para-hydroxylation sites is 1. The van der Waals surface area contributed by atoms with Gasteiger partial charge in [0, 0.05) is 5.92 Å². The molecule has 2 aromatic rings. The number of ether oxygens (including phenoxy) is 1. The van der Waals surface area contributed by atoms with Gasteiger partial charge in [0.05, 0.1) is 31.5 Å². The number of halogens is 1. The zero-order chi connectivity index (χ0) is 22.4. The maximum absolute atomic E-state index is 13.1. The highest BCUT2D eigenvalue weighted by Crippen LogP contribution is 2.31. The molecule has 172 valence electrons. The monoisotopic (exact) mass is 503 g/mol. The fourth-order valence-corrected chi connectivity index (χ4v) is 4.59. The Labute approximate surface area is 199 Å². The molecule has 1 fully saturated rings. The van der Waals surface area contributed by atoms with E-state index in [2.05, 4.69) is 17.4 Å². The molecule has 3 rings (SSSR count). The molecule has 1 aliphatic rings. The van der Waals surface area contributed by atoms with Crippen LogP contribution >= 0.6 is 0 Å². The zero-order valence-electron chi connectivity index (χ0n) is 18.5. The van der Waals surface area contributed by atoms with Gasteiger partial charge < -0.3 is 37.3 Å². The molecule has 0 spiro atoms. The van der Waals surface area contributed by atoms with E-state index in [1.807, 2.05) is 31.2 Å². The third kappa shape index (κ3) is 6.17. The van der Waals surface area contributed by atoms with Crippen molar-refractivity contribution in [3.8, 4) is 0 Å². The molecule has 32 heavy (non-hydrogen) atoms. The summed E-state index contributed by atoms with van der Waals surface area (Å²) in [4.78, 5) is 37.1.